The standard InChI is InChI=1S/C16H12Cl2N2/c17-13-5-3-6-14(18)16(13)20-10-11-8-9-19-15-7-2-1-4-12(11)15/h1-9,20H,10H2. The largest absolute Gasteiger partial charge is 0.379 e. The predicted octanol–water partition coefficient (Wildman–Crippen LogP) is 5.15. The molecule has 0 unspecified atom stereocenters. The summed E-state index contributed by atoms with van der Waals surface area (Å²) in [6.07, 6.45) is 1.81. The number of rotatable bonds is 3. The normalized spacial score (nSPS) is 10.7. The Morgan fingerprint density at radius 2 is 1.65 bits per heavy atom. The highest BCUT2D eigenvalue weighted by atomic mass is 35.5. The van der Waals surface area contributed by atoms with Crippen LogP contribution in [0.2, 0.25) is 10.0 Å². The topological polar surface area (TPSA) is 24.9 Å². The van der Waals surface area contributed by atoms with E-state index in [1.807, 2.05) is 48.7 Å². The molecule has 2 aromatic carbocycles. The van der Waals surface area contributed by atoms with Gasteiger partial charge in [0.1, 0.15) is 0 Å². The SMILES string of the molecule is Clc1cccc(Cl)c1NCc1ccnc2ccccc12. The van der Waals surface area contributed by atoms with E-state index in [0.29, 0.717) is 16.6 Å². The van der Waals surface area contributed by atoms with E-state index in [2.05, 4.69) is 16.4 Å². The summed E-state index contributed by atoms with van der Waals surface area (Å²) in [5, 5.41) is 5.67. The van der Waals surface area contributed by atoms with Crippen molar-refractivity contribution in [2.75, 3.05) is 5.32 Å². The first-order valence-corrected chi connectivity index (χ1v) is 7.02. The van der Waals surface area contributed by atoms with Crippen LogP contribution in [0.4, 0.5) is 5.69 Å². The van der Waals surface area contributed by atoms with E-state index in [1.165, 1.54) is 0 Å². The number of hydrogen-bond donors (Lipinski definition) is 1. The minimum atomic E-state index is 0.621. The molecule has 3 rings (SSSR count). The summed E-state index contributed by atoms with van der Waals surface area (Å²) in [7, 11) is 0. The lowest BCUT2D eigenvalue weighted by atomic mass is 10.1. The smallest absolute Gasteiger partial charge is 0.0721 e. The quantitative estimate of drug-likeness (QED) is 0.723. The third kappa shape index (κ3) is 2.58. The summed E-state index contributed by atoms with van der Waals surface area (Å²) in [6, 6.07) is 15.5. The van der Waals surface area contributed by atoms with Crippen LogP contribution in [-0.2, 0) is 6.54 Å². The van der Waals surface area contributed by atoms with Crippen molar-refractivity contribution in [2.24, 2.45) is 0 Å². The van der Waals surface area contributed by atoms with Gasteiger partial charge in [-0.2, -0.15) is 0 Å². The molecule has 0 amide bonds. The third-order valence-electron chi connectivity index (χ3n) is 3.16. The molecule has 1 heterocycles. The molecule has 0 aliphatic heterocycles. The van der Waals surface area contributed by atoms with Crippen molar-refractivity contribution in [1.82, 2.24) is 4.98 Å². The summed E-state index contributed by atoms with van der Waals surface area (Å²) in [4.78, 5) is 4.35. The minimum absolute atomic E-state index is 0.621. The van der Waals surface area contributed by atoms with Crippen molar-refractivity contribution < 1.29 is 0 Å². The summed E-state index contributed by atoms with van der Waals surface area (Å²) in [6.45, 7) is 0.645. The van der Waals surface area contributed by atoms with Gasteiger partial charge in [0, 0.05) is 18.1 Å². The zero-order chi connectivity index (χ0) is 13.9. The maximum atomic E-state index is 6.15. The van der Waals surface area contributed by atoms with Crippen molar-refractivity contribution in [3.05, 3.63) is 70.3 Å². The first-order valence-electron chi connectivity index (χ1n) is 6.26. The Morgan fingerprint density at radius 3 is 2.45 bits per heavy atom. The van der Waals surface area contributed by atoms with E-state index in [1.54, 1.807) is 0 Å². The number of benzene rings is 2. The zero-order valence-corrected chi connectivity index (χ0v) is 12.1. The summed E-state index contributed by atoms with van der Waals surface area (Å²) >= 11 is 12.3. The van der Waals surface area contributed by atoms with Gasteiger partial charge in [-0.15, -0.1) is 0 Å². The average Bonchev–Trinajstić information content (AvgIpc) is 2.47. The second-order valence-electron chi connectivity index (χ2n) is 4.44. The minimum Gasteiger partial charge on any atom is -0.379 e. The van der Waals surface area contributed by atoms with Gasteiger partial charge in [0.25, 0.3) is 0 Å². The Labute approximate surface area is 127 Å². The highest BCUT2D eigenvalue weighted by Gasteiger charge is 2.06. The maximum absolute atomic E-state index is 6.15. The van der Waals surface area contributed by atoms with Crippen LogP contribution in [0, 0.1) is 0 Å². The molecule has 3 aromatic rings. The van der Waals surface area contributed by atoms with E-state index in [4.69, 9.17) is 23.2 Å². The van der Waals surface area contributed by atoms with Crippen LogP contribution in [-0.4, -0.2) is 4.98 Å². The number of fused-ring (bicyclic) bond motifs is 1. The van der Waals surface area contributed by atoms with Crippen LogP contribution < -0.4 is 5.32 Å². The van der Waals surface area contributed by atoms with Gasteiger partial charge in [-0.05, 0) is 29.8 Å². The summed E-state index contributed by atoms with van der Waals surface area (Å²) in [5.41, 5.74) is 2.90. The van der Waals surface area contributed by atoms with Crippen LogP contribution in [0.25, 0.3) is 10.9 Å². The Morgan fingerprint density at radius 1 is 0.900 bits per heavy atom. The van der Waals surface area contributed by atoms with Crippen molar-refractivity contribution in [3.63, 3.8) is 0 Å². The lowest BCUT2D eigenvalue weighted by Gasteiger charge is -2.11. The molecule has 0 radical (unpaired) electrons. The van der Waals surface area contributed by atoms with Crippen LogP contribution in [0.5, 0.6) is 0 Å². The molecule has 100 valence electrons. The Balaban J connectivity index is 1.91. The number of anilines is 1. The molecule has 1 N–H and O–H groups in total. The lowest BCUT2D eigenvalue weighted by Crippen LogP contribution is -2.01. The molecule has 0 bridgehead atoms. The van der Waals surface area contributed by atoms with Crippen molar-refractivity contribution >= 4 is 39.8 Å². The Hall–Kier alpha value is -1.77. The first-order chi connectivity index (χ1) is 9.75. The second kappa shape index (κ2) is 5.70. The van der Waals surface area contributed by atoms with Gasteiger partial charge in [-0.3, -0.25) is 4.98 Å². The van der Waals surface area contributed by atoms with Crippen LogP contribution >= 0.6 is 23.2 Å². The van der Waals surface area contributed by atoms with Crippen LogP contribution in [0.1, 0.15) is 5.56 Å². The molecule has 4 heteroatoms. The Kier molecular flexibility index (Phi) is 3.77. The van der Waals surface area contributed by atoms with Gasteiger partial charge >= 0.3 is 0 Å². The zero-order valence-electron chi connectivity index (χ0n) is 10.6. The van der Waals surface area contributed by atoms with Gasteiger partial charge < -0.3 is 5.32 Å². The van der Waals surface area contributed by atoms with Gasteiger partial charge in [-0.1, -0.05) is 47.5 Å². The number of nitrogens with one attached hydrogen (secondary N) is 1. The molecular formula is C16H12Cl2N2. The Bertz CT molecular complexity index is 731. The van der Waals surface area contributed by atoms with E-state index in [-0.39, 0.29) is 0 Å². The maximum Gasteiger partial charge on any atom is 0.0721 e. The highest BCUT2D eigenvalue weighted by Crippen LogP contribution is 2.30. The van der Waals surface area contributed by atoms with Gasteiger partial charge in [0.2, 0.25) is 0 Å². The molecular weight excluding hydrogens is 291 g/mol. The lowest BCUT2D eigenvalue weighted by molar-refractivity contribution is 1.16. The van der Waals surface area contributed by atoms with Crippen molar-refractivity contribution in [3.8, 4) is 0 Å². The molecule has 1 aromatic heterocycles. The van der Waals surface area contributed by atoms with Crippen LogP contribution in [0.15, 0.2) is 54.7 Å². The van der Waals surface area contributed by atoms with Crippen molar-refractivity contribution in [1.29, 1.82) is 0 Å². The molecule has 20 heavy (non-hydrogen) atoms. The summed E-state index contributed by atoms with van der Waals surface area (Å²) < 4.78 is 0. The molecule has 2 nitrogen and oxygen atoms in total. The number of nitrogens with zero attached hydrogens (tertiary/aromatic N) is 1. The molecule has 0 saturated carbocycles. The number of halogens is 2. The highest BCUT2D eigenvalue weighted by molar-refractivity contribution is 6.39. The van der Waals surface area contributed by atoms with Gasteiger partial charge in [-0.25, -0.2) is 0 Å². The fourth-order valence-corrected chi connectivity index (χ4v) is 2.69. The summed E-state index contributed by atoms with van der Waals surface area (Å²) in [5.74, 6) is 0. The first kappa shape index (κ1) is 13.2. The fourth-order valence-electron chi connectivity index (χ4n) is 2.16. The van der Waals surface area contributed by atoms with Crippen molar-refractivity contribution in [2.45, 2.75) is 6.54 Å². The van der Waals surface area contributed by atoms with E-state index >= 15 is 0 Å². The molecule has 0 aliphatic carbocycles. The molecule has 0 spiro atoms. The molecule has 0 fully saturated rings. The second-order valence-corrected chi connectivity index (χ2v) is 5.25. The average molecular weight is 303 g/mol. The molecule has 0 aliphatic rings. The number of pyridine rings is 1. The molecule has 0 atom stereocenters. The number of hydrogen-bond acceptors (Lipinski definition) is 2. The van der Waals surface area contributed by atoms with E-state index in [9.17, 15) is 0 Å². The third-order valence-corrected chi connectivity index (χ3v) is 3.79. The van der Waals surface area contributed by atoms with Crippen LogP contribution in [0.3, 0.4) is 0 Å². The van der Waals surface area contributed by atoms with E-state index in [0.717, 1.165) is 22.2 Å². The predicted molar refractivity (Wildman–Crippen MR) is 85.5 cm³/mol. The monoisotopic (exact) mass is 302 g/mol. The number of para-hydroxylation sites is 2. The van der Waals surface area contributed by atoms with Gasteiger partial charge in [0.15, 0.2) is 0 Å². The van der Waals surface area contributed by atoms with Gasteiger partial charge in [0.05, 0.1) is 21.2 Å². The fraction of sp³-hybridized carbons (Fsp3) is 0.0625. The van der Waals surface area contributed by atoms with E-state index < -0.39 is 0 Å². The molecule has 0 saturated heterocycles. The number of aromatic nitrogens is 1.